The minimum atomic E-state index is 0.962. The van der Waals surface area contributed by atoms with Gasteiger partial charge in [-0.2, -0.15) is 0 Å². The van der Waals surface area contributed by atoms with Gasteiger partial charge in [0.05, 0.1) is 5.69 Å². The number of aromatic nitrogens is 1. The van der Waals surface area contributed by atoms with E-state index < -0.39 is 0 Å². The molecule has 6 rings (SSSR count). The summed E-state index contributed by atoms with van der Waals surface area (Å²) in [6.07, 6.45) is 4.48. The first-order valence-corrected chi connectivity index (χ1v) is 11.7. The highest BCUT2D eigenvalue weighted by molar-refractivity contribution is 6.06. The van der Waals surface area contributed by atoms with Crippen LogP contribution in [0, 0.1) is 13.8 Å². The normalized spacial score (nSPS) is 13.8. The van der Waals surface area contributed by atoms with Crippen LogP contribution in [0.15, 0.2) is 97.6 Å². The van der Waals surface area contributed by atoms with Crippen LogP contribution in [0.5, 0.6) is 0 Å². The zero-order valence-electron chi connectivity index (χ0n) is 19.5. The highest BCUT2D eigenvalue weighted by Gasteiger charge is 2.25. The molecule has 164 valence electrons. The van der Waals surface area contributed by atoms with E-state index in [4.69, 9.17) is 0 Å². The summed E-state index contributed by atoms with van der Waals surface area (Å²) in [5, 5.41) is 1.18. The molecule has 0 bridgehead atoms. The number of hydrogen-bond donors (Lipinski definition) is 1. The molecular formula is C32H26N2. The third-order valence-corrected chi connectivity index (χ3v) is 6.81. The van der Waals surface area contributed by atoms with Crippen LogP contribution in [-0.2, 0) is 0 Å². The van der Waals surface area contributed by atoms with E-state index in [1.165, 1.54) is 33.2 Å². The van der Waals surface area contributed by atoms with Gasteiger partial charge in [0, 0.05) is 39.1 Å². The lowest BCUT2D eigenvalue weighted by atomic mass is 9.89. The number of nitrogens with one attached hydrogen (secondary N) is 1. The fourth-order valence-electron chi connectivity index (χ4n) is 5.19. The fourth-order valence-corrected chi connectivity index (χ4v) is 5.19. The third kappa shape index (κ3) is 3.11. The van der Waals surface area contributed by atoms with Crippen LogP contribution in [0.3, 0.4) is 0 Å². The van der Waals surface area contributed by atoms with Crippen LogP contribution in [0.25, 0.3) is 39.9 Å². The number of H-pyrrole nitrogens is 1. The van der Waals surface area contributed by atoms with E-state index in [1.807, 2.05) is 0 Å². The molecule has 1 aliphatic heterocycles. The van der Waals surface area contributed by atoms with E-state index in [0.717, 1.165) is 33.8 Å². The number of aromatic amines is 1. The molecule has 0 saturated heterocycles. The quantitative estimate of drug-likeness (QED) is 0.292. The molecule has 0 saturated carbocycles. The minimum absolute atomic E-state index is 0.962. The molecule has 4 aromatic carbocycles. The molecule has 0 fully saturated rings. The molecule has 0 unspecified atom stereocenters. The molecule has 1 N–H and O–H groups in total. The summed E-state index contributed by atoms with van der Waals surface area (Å²) >= 11 is 0. The molecule has 2 heteroatoms. The van der Waals surface area contributed by atoms with Crippen molar-refractivity contribution in [3.63, 3.8) is 0 Å². The fraction of sp³-hybridized carbons (Fsp3) is 0.0625. The number of nitrogens with zero attached hydrogens (tertiary/aromatic N) is 1. The van der Waals surface area contributed by atoms with Crippen LogP contribution >= 0.6 is 0 Å². The van der Waals surface area contributed by atoms with Crippen molar-refractivity contribution in [1.29, 1.82) is 0 Å². The van der Waals surface area contributed by atoms with E-state index >= 15 is 0 Å². The maximum Gasteiger partial charge on any atom is 0.0540 e. The zero-order valence-corrected chi connectivity index (χ0v) is 19.5. The average Bonchev–Trinajstić information content (AvgIpc) is 3.22. The van der Waals surface area contributed by atoms with Gasteiger partial charge in [-0.1, -0.05) is 79.4 Å². The van der Waals surface area contributed by atoms with Crippen LogP contribution in [-0.4, -0.2) is 4.98 Å². The van der Waals surface area contributed by atoms with E-state index in [9.17, 15) is 0 Å². The molecule has 34 heavy (non-hydrogen) atoms. The standard InChI is InChI=1S/C32H26N2/c1-21-11-7-8-14-25(21)31-22(2)17-20-30-27(31)18-19-29-32(26-15-9-10-16-28(26)33-29)23(3)34(30)24-12-5-4-6-13-24/h4-20,33H,3H2,1-2H3/b19-18-. The van der Waals surface area contributed by atoms with Crippen molar-refractivity contribution < 1.29 is 0 Å². The molecule has 0 amide bonds. The molecule has 0 aliphatic carbocycles. The van der Waals surface area contributed by atoms with Crippen LogP contribution in [0.1, 0.15) is 27.9 Å². The topological polar surface area (TPSA) is 19.0 Å². The van der Waals surface area contributed by atoms with Gasteiger partial charge in [0.25, 0.3) is 0 Å². The molecule has 0 spiro atoms. The predicted octanol–water partition coefficient (Wildman–Crippen LogP) is 8.74. The molecule has 0 radical (unpaired) electrons. The Morgan fingerprint density at radius 2 is 1.41 bits per heavy atom. The molecule has 1 aromatic heterocycles. The van der Waals surface area contributed by atoms with Crippen molar-refractivity contribution in [3.8, 4) is 11.1 Å². The zero-order chi connectivity index (χ0) is 23.2. The van der Waals surface area contributed by atoms with Gasteiger partial charge in [0.2, 0.25) is 0 Å². The molecule has 1 aliphatic rings. The molecule has 2 heterocycles. The smallest absolute Gasteiger partial charge is 0.0540 e. The van der Waals surface area contributed by atoms with Crippen LogP contribution in [0.4, 0.5) is 11.4 Å². The summed E-state index contributed by atoms with van der Waals surface area (Å²) in [5.74, 6) is 0. The number of rotatable bonds is 2. The van der Waals surface area contributed by atoms with E-state index in [-0.39, 0.29) is 0 Å². The Hall–Kier alpha value is -4.30. The van der Waals surface area contributed by atoms with Crippen molar-refractivity contribution in [3.05, 3.63) is 126 Å². The Morgan fingerprint density at radius 3 is 2.24 bits per heavy atom. The Morgan fingerprint density at radius 1 is 0.676 bits per heavy atom. The van der Waals surface area contributed by atoms with Gasteiger partial charge in [0.15, 0.2) is 0 Å². The Labute approximate surface area is 200 Å². The summed E-state index contributed by atoms with van der Waals surface area (Å²) in [4.78, 5) is 5.93. The van der Waals surface area contributed by atoms with E-state index in [2.05, 4.69) is 133 Å². The maximum absolute atomic E-state index is 4.65. The second kappa shape index (κ2) is 7.93. The summed E-state index contributed by atoms with van der Waals surface area (Å²) in [5.41, 5.74) is 12.8. The lowest BCUT2D eigenvalue weighted by Crippen LogP contribution is -2.17. The Balaban J connectivity index is 1.71. The minimum Gasteiger partial charge on any atom is -0.354 e. The second-order valence-corrected chi connectivity index (χ2v) is 8.92. The van der Waals surface area contributed by atoms with Gasteiger partial charge in [-0.3, -0.25) is 0 Å². The van der Waals surface area contributed by atoms with Crippen molar-refractivity contribution >= 4 is 40.1 Å². The van der Waals surface area contributed by atoms with Gasteiger partial charge in [0.1, 0.15) is 0 Å². The number of benzene rings is 4. The third-order valence-electron chi connectivity index (χ3n) is 6.81. The lowest BCUT2D eigenvalue weighted by molar-refractivity contribution is 1.27. The van der Waals surface area contributed by atoms with Gasteiger partial charge in [-0.25, -0.2) is 0 Å². The molecular weight excluding hydrogens is 412 g/mol. The lowest BCUT2D eigenvalue weighted by Gasteiger charge is -2.31. The van der Waals surface area contributed by atoms with Crippen molar-refractivity contribution in [1.82, 2.24) is 4.98 Å². The number of para-hydroxylation sites is 2. The monoisotopic (exact) mass is 438 g/mol. The second-order valence-electron chi connectivity index (χ2n) is 8.92. The van der Waals surface area contributed by atoms with Gasteiger partial charge >= 0.3 is 0 Å². The predicted molar refractivity (Wildman–Crippen MR) is 146 cm³/mol. The van der Waals surface area contributed by atoms with E-state index in [1.54, 1.807) is 0 Å². The summed E-state index contributed by atoms with van der Waals surface area (Å²) in [7, 11) is 0. The van der Waals surface area contributed by atoms with Crippen molar-refractivity contribution in [2.45, 2.75) is 13.8 Å². The first-order valence-electron chi connectivity index (χ1n) is 11.7. The molecule has 2 nitrogen and oxygen atoms in total. The Kier molecular flexibility index (Phi) is 4.74. The Bertz CT molecular complexity index is 1580. The molecule has 0 atom stereocenters. The average molecular weight is 439 g/mol. The van der Waals surface area contributed by atoms with Gasteiger partial charge in [-0.05, 0) is 66.4 Å². The van der Waals surface area contributed by atoms with Crippen molar-refractivity contribution in [2.24, 2.45) is 0 Å². The summed E-state index contributed by atoms with van der Waals surface area (Å²) < 4.78 is 0. The highest BCUT2D eigenvalue weighted by atomic mass is 15.2. The first kappa shape index (κ1) is 20.3. The largest absolute Gasteiger partial charge is 0.354 e. The SMILES string of the molecule is C=C1c2c([nH]c3ccccc23)/C=C\c2c(ccc(C)c2-c2ccccc2C)N1c1ccccc1. The number of fused-ring (bicyclic) bond motifs is 4. The number of hydrogen-bond acceptors (Lipinski definition) is 1. The van der Waals surface area contributed by atoms with Gasteiger partial charge < -0.3 is 9.88 Å². The van der Waals surface area contributed by atoms with Crippen LogP contribution < -0.4 is 4.90 Å². The first-order chi connectivity index (χ1) is 16.6. The van der Waals surface area contributed by atoms with Crippen molar-refractivity contribution in [2.75, 3.05) is 4.90 Å². The van der Waals surface area contributed by atoms with E-state index in [0.29, 0.717) is 0 Å². The highest BCUT2D eigenvalue weighted by Crippen LogP contribution is 2.45. The summed E-state index contributed by atoms with van der Waals surface area (Å²) in [6, 6.07) is 32.1. The number of aryl methyl sites for hydroxylation is 2. The van der Waals surface area contributed by atoms with Crippen LogP contribution in [0.2, 0.25) is 0 Å². The van der Waals surface area contributed by atoms with Gasteiger partial charge in [-0.15, -0.1) is 0 Å². The summed E-state index contributed by atoms with van der Waals surface area (Å²) in [6.45, 7) is 9.03. The maximum atomic E-state index is 4.65. The number of anilines is 2. The molecule has 5 aromatic rings.